The first-order valence-corrected chi connectivity index (χ1v) is 10.2. The minimum absolute atomic E-state index is 0.303. The Morgan fingerprint density at radius 2 is 1.52 bits per heavy atom. The van der Waals surface area contributed by atoms with Crippen LogP contribution in [0.1, 0.15) is 0 Å². The second-order valence-electron chi connectivity index (χ2n) is 7.39. The van der Waals surface area contributed by atoms with Crippen LogP contribution >= 0.6 is 0 Å². The molecule has 1 fully saturated rings. The molecule has 0 unspecified atom stereocenters. The molecule has 5 nitrogen and oxygen atoms in total. The van der Waals surface area contributed by atoms with E-state index in [1.807, 2.05) is 48.7 Å². The molecule has 0 saturated carbocycles. The summed E-state index contributed by atoms with van der Waals surface area (Å²) in [4.78, 5) is 7.92. The largest absolute Gasteiger partial charge is 0.491 e. The number of aromatic nitrogens is 1. The fourth-order valence-electron chi connectivity index (χ4n) is 3.67. The van der Waals surface area contributed by atoms with Crippen LogP contribution in [0.4, 0.5) is 5.82 Å². The molecule has 2 N–H and O–H groups in total. The maximum atomic E-state index is 10.4. The van der Waals surface area contributed by atoms with Gasteiger partial charge >= 0.3 is 0 Å². The van der Waals surface area contributed by atoms with Gasteiger partial charge in [-0.1, -0.05) is 48.5 Å². The summed E-state index contributed by atoms with van der Waals surface area (Å²) in [5, 5.41) is 10.4. The Balaban J connectivity index is 1.21. The van der Waals surface area contributed by atoms with Crippen molar-refractivity contribution in [2.75, 3.05) is 44.2 Å². The molecule has 4 rings (SSSR count). The molecule has 0 bridgehead atoms. The summed E-state index contributed by atoms with van der Waals surface area (Å²) in [7, 11) is 0. The van der Waals surface area contributed by atoms with Gasteiger partial charge in [0.25, 0.3) is 5.82 Å². The predicted molar refractivity (Wildman–Crippen MR) is 115 cm³/mol. The number of ether oxygens (including phenoxy) is 1. The Morgan fingerprint density at radius 1 is 0.828 bits per heavy atom. The van der Waals surface area contributed by atoms with Crippen molar-refractivity contribution < 1.29 is 14.8 Å². The lowest BCUT2D eigenvalue weighted by molar-refractivity contribution is -0.364. The van der Waals surface area contributed by atoms with Crippen molar-refractivity contribution in [2.24, 2.45) is 0 Å². The Bertz CT molecular complexity index is 864. The third kappa shape index (κ3) is 5.34. The number of anilines is 1. The van der Waals surface area contributed by atoms with E-state index in [0.717, 1.165) is 43.3 Å². The van der Waals surface area contributed by atoms with Crippen LogP contribution in [0, 0.1) is 0 Å². The van der Waals surface area contributed by atoms with Crippen LogP contribution in [0.2, 0.25) is 0 Å². The van der Waals surface area contributed by atoms with E-state index in [9.17, 15) is 5.11 Å². The average Bonchev–Trinajstić information content (AvgIpc) is 2.80. The molecule has 0 aliphatic carbocycles. The molecule has 0 amide bonds. The number of nitrogens with zero attached hydrogens (tertiary/aromatic N) is 2. The van der Waals surface area contributed by atoms with Crippen LogP contribution in [0.25, 0.3) is 11.1 Å². The van der Waals surface area contributed by atoms with Gasteiger partial charge in [0.2, 0.25) is 0 Å². The highest BCUT2D eigenvalue weighted by Gasteiger charge is 2.24. The van der Waals surface area contributed by atoms with Crippen LogP contribution in [-0.2, 0) is 0 Å². The molecule has 2 aromatic carbocycles. The van der Waals surface area contributed by atoms with Crippen LogP contribution in [0.15, 0.2) is 79.0 Å². The van der Waals surface area contributed by atoms with Gasteiger partial charge in [0, 0.05) is 25.7 Å². The SMILES string of the molecule is O[C@@H](COc1ccc(-c2ccccc2)cc1)CN1CCN(c2cccc[nH+]2)CC1. The molecule has 150 valence electrons. The number of H-pyrrole nitrogens is 1. The van der Waals surface area contributed by atoms with Gasteiger partial charge in [0.1, 0.15) is 18.5 Å². The standard InChI is InChI=1S/C24H27N3O2/c28-22(18-26-14-16-27(17-15-26)24-8-4-5-13-25-24)19-29-23-11-9-21(10-12-23)20-6-2-1-3-7-20/h1-13,22,28H,14-19H2/p+1/t22-/m1/s1. The lowest BCUT2D eigenvalue weighted by Crippen LogP contribution is -2.50. The highest BCUT2D eigenvalue weighted by atomic mass is 16.5. The fourth-order valence-corrected chi connectivity index (χ4v) is 3.67. The maximum absolute atomic E-state index is 10.4. The van der Waals surface area contributed by atoms with Gasteiger partial charge in [-0.3, -0.25) is 9.80 Å². The number of β-amino-alcohol motifs (C(OH)–C–C–N with tert-alkyl or cyclic N) is 1. The van der Waals surface area contributed by atoms with E-state index in [1.54, 1.807) is 0 Å². The summed E-state index contributed by atoms with van der Waals surface area (Å²) in [5.74, 6) is 1.93. The van der Waals surface area contributed by atoms with Gasteiger partial charge < -0.3 is 9.84 Å². The van der Waals surface area contributed by atoms with Crippen LogP contribution in [0.3, 0.4) is 0 Å². The number of piperazine rings is 1. The van der Waals surface area contributed by atoms with E-state index in [-0.39, 0.29) is 0 Å². The number of benzene rings is 2. The molecule has 5 heteroatoms. The molecule has 1 aromatic heterocycles. The second kappa shape index (κ2) is 9.54. The van der Waals surface area contributed by atoms with Crippen molar-refractivity contribution in [2.45, 2.75) is 6.10 Å². The Morgan fingerprint density at radius 3 is 2.21 bits per heavy atom. The lowest BCUT2D eigenvalue weighted by atomic mass is 10.1. The van der Waals surface area contributed by atoms with E-state index in [4.69, 9.17) is 4.74 Å². The monoisotopic (exact) mass is 390 g/mol. The number of rotatable bonds is 7. The molecule has 2 heterocycles. The molecule has 1 atom stereocenters. The molecular formula is C24H28N3O2+. The van der Waals surface area contributed by atoms with Gasteiger partial charge in [0.05, 0.1) is 19.3 Å². The predicted octanol–water partition coefficient (Wildman–Crippen LogP) is 2.73. The number of aromatic amines is 1. The van der Waals surface area contributed by atoms with E-state index in [2.05, 4.69) is 45.1 Å². The molecule has 0 radical (unpaired) electrons. The summed E-state index contributed by atoms with van der Waals surface area (Å²) in [6.07, 6.45) is 1.45. The summed E-state index contributed by atoms with van der Waals surface area (Å²) >= 11 is 0. The van der Waals surface area contributed by atoms with Gasteiger partial charge in [0.15, 0.2) is 0 Å². The number of hydrogen-bond donors (Lipinski definition) is 1. The third-order valence-electron chi connectivity index (χ3n) is 5.28. The highest BCUT2D eigenvalue weighted by molar-refractivity contribution is 5.63. The van der Waals surface area contributed by atoms with E-state index < -0.39 is 6.10 Å². The normalized spacial score (nSPS) is 15.8. The number of pyridine rings is 1. The number of aliphatic hydroxyl groups excluding tert-OH is 1. The summed E-state index contributed by atoms with van der Waals surface area (Å²) in [5.41, 5.74) is 2.35. The highest BCUT2D eigenvalue weighted by Crippen LogP contribution is 2.22. The molecule has 1 saturated heterocycles. The molecule has 29 heavy (non-hydrogen) atoms. The van der Waals surface area contributed by atoms with Crippen molar-refractivity contribution >= 4 is 5.82 Å². The zero-order valence-electron chi connectivity index (χ0n) is 16.6. The fraction of sp³-hybridized carbons (Fsp3) is 0.292. The van der Waals surface area contributed by atoms with Crippen LogP contribution in [0.5, 0.6) is 5.75 Å². The number of nitrogens with one attached hydrogen (secondary N) is 1. The van der Waals surface area contributed by atoms with Gasteiger partial charge in [-0.2, -0.15) is 0 Å². The van der Waals surface area contributed by atoms with Crippen molar-refractivity contribution in [3.05, 3.63) is 79.0 Å². The summed E-state index contributed by atoms with van der Waals surface area (Å²) < 4.78 is 5.80. The quantitative estimate of drug-likeness (QED) is 0.674. The van der Waals surface area contributed by atoms with Gasteiger partial charge in [-0.15, -0.1) is 0 Å². The van der Waals surface area contributed by atoms with Gasteiger partial charge in [-0.05, 0) is 29.3 Å². The van der Waals surface area contributed by atoms with Crippen molar-refractivity contribution in [1.29, 1.82) is 0 Å². The van der Waals surface area contributed by atoms with Crippen molar-refractivity contribution in [1.82, 2.24) is 4.90 Å². The van der Waals surface area contributed by atoms with Crippen molar-refractivity contribution in [3.8, 4) is 16.9 Å². The number of aliphatic hydroxyl groups is 1. The molecule has 1 aliphatic rings. The Hall–Kier alpha value is -2.89. The van der Waals surface area contributed by atoms with Gasteiger partial charge in [-0.25, -0.2) is 4.98 Å². The molecule has 0 spiro atoms. The van der Waals surface area contributed by atoms with Crippen LogP contribution in [-0.4, -0.2) is 55.4 Å². The summed E-state index contributed by atoms with van der Waals surface area (Å²) in [6, 6.07) is 24.4. The topological polar surface area (TPSA) is 50.1 Å². The smallest absolute Gasteiger partial charge is 0.274 e. The second-order valence-corrected chi connectivity index (χ2v) is 7.39. The lowest BCUT2D eigenvalue weighted by Gasteiger charge is -2.32. The van der Waals surface area contributed by atoms with Crippen LogP contribution < -0.4 is 14.6 Å². The van der Waals surface area contributed by atoms with E-state index >= 15 is 0 Å². The van der Waals surface area contributed by atoms with Crippen molar-refractivity contribution in [3.63, 3.8) is 0 Å². The molecular weight excluding hydrogens is 362 g/mol. The zero-order valence-corrected chi connectivity index (χ0v) is 16.6. The minimum atomic E-state index is -0.501. The minimum Gasteiger partial charge on any atom is -0.491 e. The van der Waals surface area contributed by atoms with E-state index in [0.29, 0.717) is 13.2 Å². The van der Waals surface area contributed by atoms with E-state index in [1.165, 1.54) is 5.56 Å². The molecule has 3 aromatic rings. The first kappa shape index (κ1) is 19.4. The first-order valence-electron chi connectivity index (χ1n) is 10.2. The Labute approximate surface area is 172 Å². The zero-order chi connectivity index (χ0) is 19.9. The average molecular weight is 391 g/mol. The summed E-state index contributed by atoms with van der Waals surface area (Å²) in [6.45, 7) is 4.72. The molecule has 1 aliphatic heterocycles. The first-order chi connectivity index (χ1) is 14.3. The maximum Gasteiger partial charge on any atom is 0.274 e. The third-order valence-corrected chi connectivity index (χ3v) is 5.28. The number of hydrogen-bond acceptors (Lipinski definition) is 4. The Kier molecular flexibility index (Phi) is 6.39.